The summed E-state index contributed by atoms with van der Waals surface area (Å²) in [6.07, 6.45) is 3.76. The maximum absolute atomic E-state index is 9.94. The molecule has 1 fully saturated rings. The van der Waals surface area contributed by atoms with Crippen molar-refractivity contribution < 1.29 is 5.11 Å². The zero-order valence-corrected chi connectivity index (χ0v) is 11.7. The fourth-order valence-electron chi connectivity index (χ4n) is 2.35. The van der Waals surface area contributed by atoms with Crippen molar-refractivity contribution in [2.24, 2.45) is 5.92 Å². The SMILES string of the molecule is CC1CCC(c2cccc(I)c2O)C1.Cl. The molecule has 0 radical (unpaired) electrons. The van der Waals surface area contributed by atoms with Crippen LogP contribution >= 0.6 is 35.0 Å². The van der Waals surface area contributed by atoms with E-state index in [4.69, 9.17) is 0 Å². The fraction of sp³-hybridized carbons (Fsp3) is 0.500. The molecule has 2 unspecified atom stereocenters. The Morgan fingerprint density at radius 3 is 2.67 bits per heavy atom. The average molecular weight is 339 g/mol. The third-order valence-electron chi connectivity index (χ3n) is 3.15. The second-order valence-corrected chi connectivity index (χ2v) is 5.46. The molecule has 0 amide bonds. The molecule has 1 aromatic carbocycles. The van der Waals surface area contributed by atoms with Gasteiger partial charge in [0.25, 0.3) is 0 Å². The number of hydrogen-bond donors (Lipinski definition) is 1. The number of phenolic OH excluding ortho intramolecular Hbond substituents is 1. The van der Waals surface area contributed by atoms with Crippen LogP contribution in [0.1, 0.15) is 37.7 Å². The summed E-state index contributed by atoms with van der Waals surface area (Å²) in [5.41, 5.74) is 1.15. The first kappa shape index (κ1) is 13.1. The molecule has 3 heteroatoms. The highest BCUT2D eigenvalue weighted by atomic mass is 127. The van der Waals surface area contributed by atoms with Crippen LogP contribution in [0.5, 0.6) is 5.75 Å². The predicted molar refractivity (Wildman–Crippen MR) is 73.8 cm³/mol. The minimum Gasteiger partial charge on any atom is -0.507 e. The summed E-state index contributed by atoms with van der Waals surface area (Å²) in [5, 5.41) is 9.94. The van der Waals surface area contributed by atoms with Gasteiger partial charge >= 0.3 is 0 Å². The Bertz CT molecular complexity index is 340. The van der Waals surface area contributed by atoms with Gasteiger partial charge in [0.1, 0.15) is 5.75 Å². The number of aromatic hydroxyl groups is 1. The maximum atomic E-state index is 9.94. The smallest absolute Gasteiger partial charge is 0.132 e. The third kappa shape index (κ3) is 2.78. The van der Waals surface area contributed by atoms with Gasteiger partial charge in [0, 0.05) is 0 Å². The monoisotopic (exact) mass is 338 g/mol. The molecule has 84 valence electrons. The average Bonchev–Trinajstić information content (AvgIpc) is 2.57. The van der Waals surface area contributed by atoms with E-state index in [1.165, 1.54) is 19.3 Å². The molecular formula is C12H16ClIO. The Labute approximate surface area is 111 Å². The number of rotatable bonds is 1. The lowest BCUT2D eigenvalue weighted by atomic mass is 9.96. The fourth-order valence-corrected chi connectivity index (χ4v) is 2.87. The third-order valence-corrected chi connectivity index (χ3v) is 4.02. The molecule has 1 aliphatic rings. The molecular weight excluding hydrogens is 322 g/mol. The number of hydrogen-bond acceptors (Lipinski definition) is 1. The van der Waals surface area contributed by atoms with Crippen LogP contribution in [-0.4, -0.2) is 5.11 Å². The number of halogens is 2. The molecule has 0 spiro atoms. The predicted octanol–water partition coefficient (Wildman–Crippen LogP) is 4.32. The molecule has 15 heavy (non-hydrogen) atoms. The summed E-state index contributed by atoms with van der Waals surface area (Å²) < 4.78 is 0.972. The van der Waals surface area contributed by atoms with Gasteiger partial charge < -0.3 is 5.11 Å². The summed E-state index contributed by atoms with van der Waals surface area (Å²) in [6, 6.07) is 6.07. The van der Waals surface area contributed by atoms with E-state index < -0.39 is 0 Å². The van der Waals surface area contributed by atoms with Crippen LogP contribution in [0.2, 0.25) is 0 Å². The second kappa shape index (κ2) is 5.39. The number of benzene rings is 1. The maximum Gasteiger partial charge on any atom is 0.132 e. The van der Waals surface area contributed by atoms with Gasteiger partial charge in [-0.2, -0.15) is 0 Å². The molecule has 1 nitrogen and oxygen atoms in total. The van der Waals surface area contributed by atoms with E-state index in [2.05, 4.69) is 35.6 Å². The molecule has 2 rings (SSSR count). The molecule has 0 bridgehead atoms. The minimum atomic E-state index is 0. The lowest BCUT2D eigenvalue weighted by Crippen LogP contribution is -1.95. The normalized spacial score (nSPS) is 24.9. The molecule has 1 saturated carbocycles. The van der Waals surface area contributed by atoms with Gasteiger partial charge in [0.15, 0.2) is 0 Å². The highest BCUT2D eigenvalue weighted by molar-refractivity contribution is 14.1. The first-order valence-electron chi connectivity index (χ1n) is 5.16. The molecule has 1 N–H and O–H groups in total. The summed E-state index contributed by atoms with van der Waals surface area (Å²) in [7, 11) is 0. The van der Waals surface area contributed by atoms with Crippen LogP contribution in [0.25, 0.3) is 0 Å². The molecule has 0 heterocycles. The van der Waals surface area contributed by atoms with Gasteiger partial charge in [-0.15, -0.1) is 12.4 Å². The molecule has 0 aliphatic heterocycles. The second-order valence-electron chi connectivity index (χ2n) is 4.29. The van der Waals surface area contributed by atoms with Crippen LogP contribution in [0.15, 0.2) is 18.2 Å². The highest BCUT2D eigenvalue weighted by Gasteiger charge is 2.25. The summed E-state index contributed by atoms with van der Waals surface area (Å²) in [4.78, 5) is 0. The Hall–Kier alpha value is 0.0400. The van der Waals surface area contributed by atoms with Crippen molar-refractivity contribution in [3.05, 3.63) is 27.3 Å². The van der Waals surface area contributed by atoms with Crippen molar-refractivity contribution in [3.63, 3.8) is 0 Å². The lowest BCUT2D eigenvalue weighted by molar-refractivity contribution is 0.456. The van der Waals surface area contributed by atoms with E-state index in [-0.39, 0.29) is 12.4 Å². The minimum absolute atomic E-state index is 0. The first-order chi connectivity index (χ1) is 6.68. The zero-order valence-electron chi connectivity index (χ0n) is 8.74. The van der Waals surface area contributed by atoms with Gasteiger partial charge in [-0.05, 0) is 58.9 Å². The van der Waals surface area contributed by atoms with E-state index in [9.17, 15) is 5.11 Å². The Morgan fingerprint density at radius 1 is 1.33 bits per heavy atom. The standard InChI is InChI=1S/C12H15IO.ClH/c1-8-5-6-9(7-8)10-3-2-4-11(13)12(10)14;/h2-4,8-9,14H,5-7H2,1H3;1H. The van der Waals surface area contributed by atoms with Crippen molar-refractivity contribution in [3.8, 4) is 5.75 Å². The largest absolute Gasteiger partial charge is 0.507 e. The van der Waals surface area contributed by atoms with Gasteiger partial charge in [0.2, 0.25) is 0 Å². The summed E-state index contributed by atoms with van der Waals surface area (Å²) in [6.45, 7) is 2.30. The number of phenols is 1. The van der Waals surface area contributed by atoms with Crippen molar-refractivity contribution in [1.82, 2.24) is 0 Å². The van der Waals surface area contributed by atoms with Gasteiger partial charge in [0.05, 0.1) is 3.57 Å². The van der Waals surface area contributed by atoms with Crippen LogP contribution in [-0.2, 0) is 0 Å². The van der Waals surface area contributed by atoms with Gasteiger partial charge in [-0.3, -0.25) is 0 Å². The van der Waals surface area contributed by atoms with Crippen LogP contribution in [0.4, 0.5) is 0 Å². The molecule has 0 saturated heterocycles. The van der Waals surface area contributed by atoms with E-state index in [0.717, 1.165) is 15.1 Å². The molecule has 0 aromatic heterocycles. The molecule has 2 atom stereocenters. The molecule has 1 aliphatic carbocycles. The van der Waals surface area contributed by atoms with Crippen molar-refractivity contribution in [1.29, 1.82) is 0 Å². The van der Waals surface area contributed by atoms with Crippen LogP contribution < -0.4 is 0 Å². The Morgan fingerprint density at radius 2 is 2.07 bits per heavy atom. The van der Waals surface area contributed by atoms with Crippen molar-refractivity contribution in [2.75, 3.05) is 0 Å². The van der Waals surface area contributed by atoms with E-state index in [1.807, 2.05) is 12.1 Å². The Kier molecular flexibility index (Phi) is 4.71. The highest BCUT2D eigenvalue weighted by Crippen LogP contribution is 2.42. The van der Waals surface area contributed by atoms with Crippen molar-refractivity contribution in [2.45, 2.75) is 32.1 Å². The number of para-hydroxylation sites is 1. The topological polar surface area (TPSA) is 20.2 Å². The zero-order chi connectivity index (χ0) is 10.1. The Balaban J connectivity index is 0.00000112. The van der Waals surface area contributed by atoms with E-state index in [1.54, 1.807) is 0 Å². The van der Waals surface area contributed by atoms with Crippen LogP contribution in [0.3, 0.4) is 0 Å². The van der Waals surface area contributed by atoms with E-state index >= 15 is 0 Å². The lowest BCUT2D eigenvalue weighted by Gasteiger charge is -2.12. The molecule has 1 aromatic rings. The summed E-state index contributed by atoms with van der Waals surface area (Å²) >= 11 is 2.19. The van der Waals surface area contributed by atoms with Gasteiger partial charge in [-0.25, -0.2) is 0 Å². The quantitative estimate of drug-likeness (QED) is 0.756. The van der Waals surface area contributed by atoms with Gasteiger partial charge in [-0.1, -0.05) is 25.5 Å². The van der Waals surface area contributed by atoms with Crippen molar-refractivity contribution >= 4 is 35.0 Å². The summed E-state index contributed by atoms with van der Waals surface area (Å²) in [5.74, 6) is 1.91. The first-order valence-corrected chi connectivity index (χ1v) is 6.23. The van der Waals surface area contributed by atoms with Crippen LogP contribution in [0, 0.1) is 9.49 Å². The van der Waals surface area contributed by atoms with E-state index in [0.29, 0.717) is 11.7 Å².